The Labute approximate surface area is 90.3 Å². The van der Waals surface area contributed by atoms with E-state index < -0.39 is 11.5 Å². The summed E-state index contributed by atoms with van der Waals surface area (Å²) in [5.74, 6) is -0.476. The summed E-state index contributed by atoms with van der Waals surface area (Å²) in [6.07, 6.45) is 0. The third-order valence-electron chi connectivity index (χ3n) is 2.47. The Morgan fingerprint density at radius 3 is 1.93 bits per heavy atom. The van der Waals surface area contributed by atoms with Crippen molar-refractivity contribution in [1.82, 2.24) is 0 Å². The quantitative estimate of drug-likeness (QED) is 0.650. The highest BCUT2D eigenvalue weighted by atomic mass is 19.1. The molecule has 2 heteroatoms. The summed E-state index contributed by atoms with van der Waals surface area (Å²) >= 11 is 0. The first kappa shape index (κ1) is 12.2. The van der Waals surface area contributed by atoms with Gasteiger partial charge in [-0.15, -0.1) is 0 Å². The minimum absolute atomic E-state index is 0.0896. The van der Waals surface area contributed by atoms with Crippen LogP contribution in [0, 0.1) is 5.82 Å². The topological polar surface area (TPSA) is 0 Å². The fourth-order valence-electron chi connectivity index (χ4n) is 1.45. The van der Waals surface area contributed by atoms with Gasteiger partial charge in [-0.25, -0.2) is 8.78 Å². The molecule has 1 aromatic carbocycles. The van der Waals surface area contributed by atoms with Gasteiger partial charge in [0.25, 0.3) is 0 Å². The minimum atomic E-state index is -1.63. The van der Waals surface area contributed by atoms with Crippen molar-refractivity contribution in [3.8, 4) is 0 Å². The first-order chi connectivity index (χ1) is 6.62. The lowest BCUT2D eigenvalue weighted by Crippen LogP contribution is -2.16. The lowest BCUT2D eigenvalue weighted by atomic mass is 9.84. The van der Waals surface area contributed by atoms with Gasteiger partial charge in [-0.3, -0.25) is 0 Å². The van der Waals surface area contributed by atoms with E-state index >= 15 is 0 Å². The second kappa shape index (κ2) is 3.58. The van der Waals surface area contributed by atoms with Crippen LogP contribution >= 0.6 is 0 Å². The van der Waals surface area contributed by atoms with Crippen molar-refractivity contribution in [1.29, 1.82) is 0 Å². The van der Waals surface area contributed by atoms with Crippen molar-refractivity contribution in [3.63, 3.8) is 0 Å². The largest absolute Gasteiger partial charge is 0.239 e. The van der Waals surface area contributed by atoms with Gasteiger partial charge in [0.15, 0.2) is 0 Å². The van der Waals surface area contributed by atoms with Crippen LogP contribution in [0.25, 0.3) is 0 Å². The molecule has 0 amide bonds. The highest BCUT2D eigenvalue weighted by Crippen LogP contribution is 2.31. The van der Waals surface area contributed by atoms with Crippen molar-refractivity contribution >= 4 is 0 Å². The van der Waals surface area contributed by atoms with Gasteiger partial charge in [-0.1, -0.05) is 26.8 Å². The molecule has 1 aromatic rings. The first-order valence-electron chi connectivity index (χ1n) is 5.12. The number of benzene rings is 1. The molecule has 0 fully saturated rings. The van der Waals surface area contributed by atoms with Gasteiger partial charge < -0.3 is 0 Å². The van der Waals surface area contributed by atoms with E-state index in [0.29, 0.717) is 0 Å². The van der Waals surface area contributed by atoms with Crippen LogP contribution < -0.4 is 0 Å². The normalized spacial score (nSPS) is 13.0. The summed E-state index contributed by atoms with van der Waals surface area (Å²) in [4.78, 5) is 0. The van der Waals surface area contributed by atoms with Crippen LogP contribution in [0.1, 0.15) is 45.7 Å². The molecule has 0 nitrogen and oxygen atoms in total. The third-order valence-corrected chi connectivity index (χ3v) is 2.47. The molecule has 0 aliphatic rings. The molecule has 0 aliphatic carbocycles. The summed E-state index contributed by atoms with van der Waals surface area (Å²) in [5.41, 5.74) is -0.640. The fraction of sp³-hybridized carbons (Fsp3) is 0.538. The molecular weight excluding hydrogens is 194 g/mol. The molecule has 0 aliphatic heterocycles. The van der Waals surface area contributed by atoms with Crippen LogP contribution in [-0.4, -0.2) is 0 Å². The Bertz CT molecular complexity index is 354. The average Bonchev–Trinajstić information content (AvgIpc) is 2.00. The molecular formula is C13H18F2. The van der Waals surface area contributed by atoms with Crippen LogP contribution in [0.15, 0.2) is 18.2 Å². The van der Waals surface area contributed by atoms with Gasteiger partial charge in [0.1, 0.15) is 11.5 Å². The number of halogens is 2. The van der Waals surface area contributed by atoms with Gasteiger partial charge >= 0.3 is 0 Å². The van der Waals surface area contributed by atoms with E-state index in [2.05, 4.69) is 0 Å². The molecule has 0 spiro atoms. The summed E-state index contributed by atoms with van der Waals surface area (Å²) in [7, 11) is 0. The fourth-order valence-corrected chi connectivity index (χ4v) is 1.45. The number of rotatable bonds is 1. The first-order valence-corrected chi connectivity index (χ1v) is 5.12. The second-order valence-corrected chi connectivity index (χ2v) is 5.42. The van der Waals surface area contributed by atoms with Crippen molar-refractivity contribution < 1.29 is 8.78 Å². The van der Waals surface area contributed by atoms with Crippen LogP contribution in [0.2, 0.25) is 0 Å². The molecule has 0 saturated heterocycles. The minimum Gasteiger partial charge on any atom is -0.239 e. The Balaban J connectivity index is 3.30. The lowest BCUT2D eigenvalue weighted by Gasteiger charge is -2.23. The molecule has 0 aromatic heterocycles. The molecule has 0 radical (unpaired) electrons. The highest BCUT2D eigenvalue weighted by Gasteiger charge is 2.25. The van der Waals surface area contributed by atoms with E-state index in [-0.39, 0.29) is 11.0 Å². The second-order valence-electron chi connectivity index (χ2n) is 5.42. The van der Waals surface area contributed by atoms with Gasteiger partial charge in [-0.2, -0.15) is 0 Å². The summed E-state index contributed by atoms with van der Waals surface area (Å²) < 4.78 is 27.1. The Hall–Kier alpha value is -0.920. The van der Waals surface area contributed by atoms with Gasteiger partial charge in [0.05, 0.1) is 0 Å². The maximum absolute atomic E-state index is 13.7. The SMILES string of the molecule is CC(C)(C)c1ccc(F)c(C(C)(C)F)c1. The summed E-state index contributed by atoms with van der Waals surface area (Å²) in [6.45, 7) is 8.81. The lowest BCUT2D eigenvalue weighted by molar-refractivity contribution is 0.213. The zero-order valence-corrected chi connectivity index (χ0v) is 9.99. The van der Waals surface area contributed by atoms with Gasteiger partial charge in [-0.05, 0) is 37.0 Å². The van der Waals surface area contributed by atoms with Crippen molar-refractivity contribution in [2.75, 3.05) is 0 Å². The molecule has 0 bridgehead atoms. The average molecular weight is 212 g/mol. The van der Waals surface area contributed by atoms with Crippen molar-refractivity contribution in [2.45, 2.75) is 45.7 Å². The molecule has 0 heterocycles. The zero-order valence-electron chi connectivity index (χ0n) is 9.99. The summed E-state index contributed by atoms with van der Waals surface area (Å²) in [6, 6.07) is 4.68. The van der Waals surface area contributed by atoms with Crippen molar-refractivity contribution in [3.05, 3.63) is 35.1 Å². The molecule has 0 unspecified atom stereocenters. The Morgan fingerprint density at radius 2 is 1.53 bits per heavy atom. The van der Waals surface area contributed by atoms with E-state index in [1.165, 1.54) is 19.9 Å². The molecule has 84 valence electrons. The van der Waals surface area contributed by atoms with Crippen LogP contribution in [-0.2, 0) is 11.1 Å². The van der Waals surface area contributed by atoms with Crippen LogP contribution in [0.3, 0.4) is 0 Å². The van der Waals surface area contributed by atoms with Crippen molar-refractivity contribution in [2.24, 2.45) is 0 Å². The molecule has 0 atom stereocenters. The Morgan fingerprint density at radius 1 is 1.00 bits per heavy atom. The number of alkyl halides is 1. The van der Waals surface area contributed by atoms with Gasteiger partial charge in [0.2, 0.25) is 0 Å². The molecule has 15 heavy (non-hydrogen) atoms. The standard InChI is InChI=1S/C13H18F2/c1-12(2,3)9-6-7-11(14)10(8-9)13(4,5)15/h6-8H,1-5H3. The van der Waals surface area contributed by atoms with E-state index in [9.17, 15) is 8.78 Å². The van der Waals surface area contributed by atoms with E-state index in [1.54, 1.807) is 12.1 Å². The number of hydrogen-bond donors (Lipinski definition) is 0. The maximum atomic E-state index is 13.7. The summed E-state index contributed by atoms with van der Waals surface area (Å²) in [5, 5.41) is 0. The monoisotopic (exact) mass is 212 g/mol. The van der Waals surface area contributed by atoms with E-state index in [1.807, 2.05) is 20.8 Å². The van der Waals surface area contributed by atoms with Crippen LogP contribution in [0.5, 0.6) is 0 Å². The maximum Gasteiger partial charge on any atom is 0.133 e. The number of hydrogen-bond acceptors (Lipinski definition) is 0. The van der Waals surface area contributed by atoms with E-state index in [0.717, 1.165) is 5.56 Å². The van der Waals surface area contributed by atoms with E-state index in [4.69, 9.17) is 0 Å². The van der Waals surface area contributed by atoms with Crippen LogP contribution in [0.4, 0.5) is 8.78 Å². The predicted molar refractivity (Wildman–Crippen MR) is 59.2 cm³/mol. The zero-order chi connectivity index (χ0) is 11.9. The molecule has 0 N–H and O–H groups in total. The highest BCUT2D eigenvalue weighted by molar-refractivity contribution is 5.32. The molecule has 1 rings (SSSR count). The smallest absolute Gasteiger partial charge is 0.133 e. The third kappa shape index (κ3) is 2.77. The van der Waals surface area contributed by atoms with Gasteiger partial charge in [0, 0.05) is 5.56 Å². The Kier molecular flexibility index (Phi) is 2.90. The molecule has 0 saturated carbocycles. The predicted octanol–water partition coefficient (Wildman–Crippen LogP) is 4.33.